The Labute approximate surface area is 382 Å². The first-order valence-electron chi connectivity index (χ1n) is 25.7. The topological polar surface area (TPSA) is 108 Å². The lowest BCUT2D eigenvalue weighted by Gasteiger charge is -2.24. The second-order valence-corrected chi connectivity index (χ2v) is 20.0. The highest BCUT2D eigenvalue weighted by atomic mass is 31.2. The van der Waals surface area contributed by atoms with Crippen molar-refractivity contribution in [3.63, 3.8) is 0 Å². The maximum absolute atomic E-state index is 12.7. The minimum Gasteiger partial charge on any atom is -0.462 e. The fraction of sp³-hybridized carbons (Fsp3) is 0.846. The van der Waals surface area contributed by atoms with Gasteiger partial charge in [-0.05, 0) is 64.2 Å². The number of quaternary nitrogens is 1. The Bertz CT molecular complexity index is 1150. The Kier molecular flexibility index (Phi) is 43.2. The summed E-state index contributed by atoms with van der Waals surface area (Å²) < 4.78 is 34.4. The van der Waals surface area contributed by atoms with E-state index in [1.165, 1.54) is 135 Å². The number of unbranched alkanes of at least 4 members (excludes halogenated alkanes) is 27. The SMILES string of the molecule is CCCC/C=C\CCCCCCCC(=O)OCC(COP(=O)(O)OCC[N+](C)(C)C)OC(=O)CCCCCCCCCCCCCCCCC/C=C\C/C=C\CCCCCCC. The zero-order valence-corrected chi connectivity index (χ0v) is 42.0. The zero-order valence-electron chi connectivity index (χ0n) is 41.1. The summed E-state index contributed by atoms with van der Waals surface area (Å²) in [5.41, 5.74) is 0. The molecule has 0 aliphatic rings. The van der Waals surface area contributed by atoms with E-state index in [9.17, 15) is 19.0 Å². The molecule has 0 fully saturated rings. The molecule has 62 heavy (non-hydrogen) atoms. The van der Waals surface area contributed by atoms with Gasteiger partial charge in [0, 0.05) is 12.8 Å². The van der Waals surface area contributed by atoms with Crippen LogP contribution in [0.15, 0.2) is 36.5 Å². The minimum absolute atomic E-state index is 0.0312. The fourth-order valence-corrected chi connectivity index (χ4v) is 7.83. The molecule has 1 N–H and O–H groups in total. The molecule has 0 bridgehead atoms. The molecule has 0 rings (SSSR count). The third-order valence-corrected chi connectivity index (χ3v) is 12.1. The number of phosphoric acid groups is 1. The van der Waals surface area contributed by atoms with Gasteiger partial charge in [0.05, 0.1) is 27.7 Å². The molecular weight excluding hydrogens is 798 g/mol. The van der Waals surface area contributed by atoms with E-state index in [-0.39, 0.29) is 32.0 Å². The summed E-state index contributed by atoms with van der Waals surface area (Å²) in [6, 6.07) is 0. The van der Waals surface area contributed by atoms with Gasteiger partial charge in [-0.3, -0.25) is 18.6 Å². The van der Waals surface area contributed by atoms with Gasteiger partial charge >= 0.3 is 19.8 Å². The number of hydrogen-bond donors (Lipinski definition) is 1. The van der Waals surface area contributed by atoms with Crippen LogP contribution in [0.25, 0.3) is 0 Å². The number of rotatable bonds is 47. The second kappa shape index (κ2) is 44.4. The van der Waals surface area contributed by atoms with E-state index in [1.54, 1.807) is 0 Å². The molecule has 0 aromatic heterocycles. The Balaban J connectivity index is 4.11. The number of allylic oxidation sites excluding steroid dienone is 6. The number of carbonyl (C=O) groups excluding carboxylic acids is 2. The molecule has 364 valence electrons. The van der Waals surface area contributed by atoms with Crippen molar-refractivity contribution in [1.82, 2.24) is 0 Å². The van der Waals surface area contributed by atoms with E-state index >= 15 is 0 Å². The summed E-state index contributed by atoms with van der Waals surface area (Å²) in [6.07, 6.45) is 52.1. The van der Waals surface area contributed by atoms with Crippen LogP contribution in [-0.4, -0.2) is 74.9 Å². The molecule has 0 spiro atoms. The molecule has 0 radical (unpaired) electrons. The molecule has 2 atom stereocenters. The lowest BCUT2D eigenvalue weighted by molar-refractivity contribution is -0.870. The molecule has 0 saturated heterocycles. The molecule has 10 heteroatoms. The first-order chi connectivity index (χ1) is 30.0. The van der Waals surface area contributed by atoms with E-state index in [1.807, 2.05) is 21.1 Å². The van der Waals surface area contributed by atoms with E-state index in [2.05, 4.69) is 50.3 Å². The third-order valence-electron chi connectivity index (χ3n) is 11.1. The van der Waals surface area contributed by atoms with Crippen LogP contribution in [0.4, 0.5) is 0 Å². The van der Waals surface area contributed by atoms with Gasteiger partial charge < -0.3 is 18.9 Å². The predicted molar refractivity (Wildman–Crippen MR) is 261 cm³/mol. The summed E-state index contributed by atoms with van der Waals surface area (Å²) in [6.45, 7) is 4.38. The number of hydrogen-bond acceptors (Lipinski definition) is 7. The summed E-state index contributed by atoms with van der Waals surface area (Å²) in [5.74, 6) is -0.804. The molecular formula is C52H99NO8P+. The quantitative estimate of drug-likeness (QED) is 0.0212. The molecule has 0 aliphatic carbocycles. The highest BCUT2D eigenvalue weighted by molar-refractivity contribution is 7.47. The van der Waals surface area contributed by atoms with Crippen molar-refractivity contribution in [1.29, 1.82) is 0 Å². The number of ether oxygens (including phenoxy) is 2. The van der Waals surface area contributed by atoms with Crippen LogP contribution in [0, 0.1) is 0 Å². The highest BCUT2D eigenvalue weighted by Crippen LogP contribution is 2.43. The monoisotopic (exact) mass is 897 g/mol. The summed E-state index contributed by atoms with van der Waals surface area (Å²) in [5, 5.41) is 0. The van der Waals surface area contributed by atoms with Gasteiger partial charge in [0.25, 0.3) is 0 Å². The standard InChI is InChI=1S/C52H98NO8P/c1-6-8-10-12-14-16-18-19-20-21-22-23-24-25-26-27-28-29-30-31-32-33-35-37-39-41-43-45-52(55)61-50(49-60-62(56,57)59-47-46-53(3,4)5)48-58-51(54)44-42-40-38-36-34-17-15-13-11-9-7-2/h13,15,18-19,21-22,50H,6-12,14,16-17,20,23-49H2,1-5H3/p+1/b15-13-,19-18-,22-21-. The molecule has 2 unspecified atom stereocenters. The minimum atomic E-state index is -4.38. The number of nitrogens with zero attached hydrogens (tertiary/aromatic N) is 1. The number of esters is 2. The van der Waals surface area contributed by atoms with Crippen molar-refractivity contribution in [2.24, 2.45) is 0 Å². The van der Waals surface area contributed by atoms with E-state index in [4.69, 9.17) is 18.5 Å². The average molecular weight is 897 g/mol. The van der Waals surface area contributed by atoms with Gasteiger partial charge in [-0.1, -0.05) is 192 Å². The Hall–Kier alpha value is -1.77. The van der Waals surface area contributed by atoms with Crippen molar-refractivity contribution in [3.05, 3.63) is 36.5 Å². The zero-order chi connectivity index (χ0) is 45.7. The van der Waals surface area contributed by atoms with Gasteiger partial charge in [-0.25, -0.2) is 4.57 Å². The summed E-state index contributed by atoms with van der Waals surface area (Å²) in [4.78, 5) is 35.4. The lowest BCUT2D eigenvalue weighted by atomic mass is 10.0. The van der Waals surface area contributed by atoms with Crippen LogP contribution in [0.3, 0.4) is 0 Å². The molecule has 0 saturated carbocycles. The maximum atomic E-state index is 12.7. The molecule has 0 amide bonds. The van der Waals surface area contributed by atoms with Gasteiger partial charge in [0.15, 0.2) is 6.10 Å². The number of phosphoric ester groups is 1. The van der Waals surface area contributed by atoms with Crippen LogP contribution < -0.4 is 0 Å². The number of likely N-dealkylation sites (N-methyl/N-ethyl adjacent to an activating group) is 1. The Morgan fingerprint density at radius 2 is 0.887 bits per heavy atom. The Morgan fingerprint density at radius 3 is 1.34 bits per heavy atom. The first-order valence-corrected chi connectivity index (χ1v) is 27.2. The van der Waals surface area contributed by atoms with Crippen molar-refractivity contribution in [3.8, 4) is 0 Å². The molecule has 0 aromatic carbocycles. The van der Waals surface area contributed by atoms with E-state index in [0.717, 1.165) is 64.2 Å². The molecule has 0 heterocycles. The summed E-state index contributed by atoms with van der Waals surface area (Å²) >= 11 is 0. The van der Waals surface area contributed by atoms with Gasteiger partial charge in [0.1, 0.15) is 19.8 Å². The predicted octanol–water partition coefficient (Wildman–Crippen LogP) is 15.3. The smallest absolute Gasteiger partial charge is 0.462 e. The van der Waals surface area contributed by atoms with Crippen LogP contribution in [0.5, 0.6) is 0 Å². The van der Waals surface area contributed by atoms with Crippen molar-refractivity contribution < 1.29 is 42.1 Å². The van der Waals surface area contributed by atoms with E-state index < -0.39 is 26.5 Å². The van der Waals surface area contributed by atoms with Crippen molar-refractivity contribution in [2.75, 3.05) is 47.5 Å². The second-order valence-electron chi connectivity index (χ2n) is 18.5. The maximum Gasteiger partial charge on any atom is 0.472 e. The van der Waals surface area contributed by atoms with Crippen LogP contribution in [0.2, 0.25) is 0 Å². The fourth-order valence-electron chi connectivity index (χ4n) is 7.09. The molecule has 9 nitrogen and oxygen atoms in total. The van der Waals surface area contributed by atoms with Crippen molar-refractivity contribution >= 4 is 19.8 Å². The largest absolute Gasteiger partial charge is 0.472 e. The number of carbonyl (C=O) groups is 2. The van der Waals surface area contributed by atoms with Crippen molar-refractivity contribution in [2.45, 2.75) is 238 Å². The van der Waals surface area contributed by atoms with Crippen LogP contribution in [0.1, 0.15) is 232 Å². The first kappa shape index (κ1) is 60.2. The Morgan fingerprint density at radius 1 is 0.500 bits per heavy atom. The van der Waals surface area contributed by atoms with Gasteiger partial charge in [-0.15, -0.1) is 0 Å². The molecule has 0 aromatic rings. The van der Waals surface area contributed by atoms with Crippen LogP contribution in [-0.2, 0) is 32.7 Å². The normalized spacial score (nSPS) is 13.7. The van der Waals surface area contributed by atoms with E-state index in [0.29, 0.717) is 17.4 Å². The third kappa shape index (κ3) is 47.7. The van der Waals surface area contributed by atoms with Crippen LogP contribution >= 0.6 is 7.82 Å². The van der Waals surface area contributed by atoms with Gasteiger partial charge in [0.2, 0.25) is 0 Å². The van der Waals surface area contributed by atoms with Gasteiger partial charge in [-0.2, -0.15) is 0 Å². The average Bonchev–Trinajstić information content (AvgIpc) is 3.23. The summed E-state index contributed by atoms with van der Waals surface area (Å²) in [7, 11) is 1.48. The lowest BCUT2D eigenvalue weighted by Crippen LogP contribution is -2.37. The molecule has 0 aliphatic heterocycles. The highest BCUT2D eigenvalue weighted by Gasteiger charge is 2.27.